The van der Waals surface area contributed by atoms with Gasteiger partial charge in [-0.05, 0) is 24.0 Å². The molecule has 1 saturated carbocycles. The zero-order chi connectivity index (χ0) is 16.6. The molecule has 1 fully saturated rings. The number of carbonyl (C=O) groups is 1. The third-order valence-electron chi connectivity index (χ3n) is 4.89. The van der Waals surface area contributed by atoms with Crippen molar-refractivity contribution in [1.29, 1.82) is 0 Å². The molecular formula is C18H20N2O3. The predicted molar refractivity (Wildman–Crippen MR) is 88.7 cm³/mol. The Kier molecular flexibility index (Phi) is 3.90. The van der Waals surface area contributed by atoms with Crippen molar-refractivity contribution in [3.05, 3.63) is 47.5 Å². The summed E-state index contributed by atoms with van der Waals surface area (Å²) in [6.07, 6.45) is 3.84. The van der Waals surface area contributed by atoms with E-state index in [1.54, 1.807) is 6.08 Å². The summed E-state index contributed by atoms with van der Waals surface area (Å²) in [5.41, 5.74) is 3.59. The van der Waals surface area contributed by atoms with Gasteiger partial charge in [0.1, 0.15) is 0 Å². The van der Waals surface area contributed by atoms with Gasteiger partial charge in [-0.25, -0.2) is 0 Å². The topological polar surface area (TPSA) is 82.2 Å². The average molecular weight is 312 g/mol. The van der Waals surface area contributed by atoms with Crippen molar-refractivity contribution in [3.63, 3.8) is 0 Å². The summed E-state index contributed by atoms with van der Waals surface area (Å²) in [6.45, 7) is 4.20. The fourth-order valence-electron chi connectivity index (χ4n) is 3.69. The molecule has 3 atom stereocenters. The number of hydrogen-bond acceptors (Lipinski definition) is 4. The Labute approximate surface area is 135 Å². The van der Waals surface area contributed by atoms with Crippen LogP contribution in [-0.2, 0) is 11.2 Å². The van der Waals surface area contributed by atoms with Crippen LogP contribution in [0.3, 0.4) is 0 Å². The van der Waals surface area contributed by atoms with Crippen molar-refractivity contribution < 1.29 is 15.0 Å². The molecule has 23 heavy (non-hydrogen) atoms. The van der Waals surface area contributed by atoms with Gasteiger partial charge in [0.25, 0.3) is 0 Å². The van der Waals surface area contributed by atoms with Crippen LogP contribution in [0.2, 0.25) is 0 Å². The molecule has 1 aliphatic carbocycles. The second kappa shape index (κ2) is 5.74. The molecule has 120 valence electrons. The Morgan fingerprint density at radius 1 is 1.30 bits per heavy atom. The van der Waals surface area contributed by atoms with E-state index in [0.29, 0.717) is 11.8 Å². The normalized spacial score (nSPS) is 29.0. The summed E-state index contributed by atoms with van der Waals surface area (Å²) >= 11 is 0. The maximum absolute atomic E-state index is 10.8. The number of benzene rings is 1. The maximum atomic E-state index is 10.8. The zero-order valence-corrected chi connectivity index (χ0v) is 13.2. The van der Waals surface area contributed by atoms with Crippen LogP contribution < -0.4 is 0 Å². The van der Waals surface area contributed by atoms with Crippen LogP contribution in [0.1, 0.15) is 25.0 Å². The summed E-state index contributed by atoms with van der Waals surface area (Å²) in [7, 11) is 0. The van der Waals surface area contributed by atoms with E-state index in [1.165, 1.54) is 0 Å². The van der Waals surface area contributed by atoms with E-state index in [0.717, 1.165) is 22.6 Å². The third kappa shape index (κ3) is 2.61. The van der Waals surface area contributed by atoms with Gasteiger partial charge in [0.2, 0.25) is 0 Å². The Morgan fingerprint density at radius 3 is 2.61 bits per heavy atom. The first-order valence-electron chi connectivity index (χ1n) is 7.69. The maximum Gasteiger partial charge on any atom is 0.307 e. The van der Waals surface area contributed by atoms with Gasteiger partial charge in [-0.3, -0.25) is 4.79 Å². The molecule has 1 aromatic rings. The summed E-state index contributed by atoms with van der Waals surface area (Å²) < 4.78 is 0. The minimum absolute atomic E-state index is 0.0196. The molecule has 3 unspecified atom stereocenters. The second-order valence-electron chi connectivity index (χ2n) is 6.35. The number of aliphatic hydroxyl groups is 1. The number of allylic oxidation sites excluding steroid dienone is 1. The number of carboxylic acid groups (broad SMARTS) is 1. The first-order valence-corrected chi connectivity index (χ1v) is 7.69. The van der Waals surface area contributed by atoms with Crippen LogP contribution in [0.4, 0.5) is 0 Å². The van der Waals surface area contributed by atoms with Gasteiger partial charge < -0.3 is 10.2 Å². The van der Waals surface area contributed by atoms with E-state index in [9.17, 15) is 4.79 Å². The van der Waals surface area contributed by atoms with Crippen LogP contribution in [0, 0.1) is 17.3 Å². The Hall–Kier alpha value is -2.27. The van der Waals surface area contributed by atoms with E-state index < -0.39 is 5.97 Å². The molecule has 0 amide bonds. The van der Waals surface area contributed by atoms with Crippen molar-refractivity contribution in [2.24, 2.45) is 27.5 Å². The summed E-state index contributed by atoms with van der Waals surface area (Å²) in [6, 6.07) is 7.49. The highest BCUT2D eigenvalue weighted by Gasteiger charge is 2.65. The van der Waals surface area contributed by atoms with Gasteiger partial charge in [0.15, 0.2) is 0 Å². The van der Waals surface area contributed by atoms with Crippen molar-refractivity contribution in [2.45, 2.75) is 20.3 Å². The Bertz CT molecular complexity index is 718. The molecule has 0 radical (unpaired) electrons. The van der Waals surface area contributed by atoms with Crippen LogP contribution >= 0.6 is 0 Å². The fourth-order valence-corrected chi connectivity index (χ4v) is 3.69. The van der Waals surface area contributed by atoms with E-state index in [4.69, 9.17) is 10.2 Å². The molecule has 5 heteroatoms. The first kappa shape index (κ1) is 15.6. The number of aliphatic carboxylic acids is 1. The highest BCUT2D eigenvalue weighted by atomic mass is 16.4. The molecular weight excluding hydrogens is 292 g/mol. The number of nitrogens with zero attached hydrogens (tertiary/aromatic N) is 2. The van der Waals surface area contributed by atoms with Gasteiger partial charge in [0.05, 0.1) is 18.7 Å². The van der Waals surface area contributed by atoms with E-state index >= 15 is 0 Å². The van der Waals surface area contributed by atoms with Gasteiger partial charge in [-0.2, -0.15) is 10.2 Å². The standard InChI is InChI=1S/C18H20N2O3/c1-11-16-14(4-3-9-21)18(16,2)17(20-19-11)13-7-5-12(6-8-13)10-15(22)23/h3-8,14,16,21H,9-10H2,1-2H3,(H,22,23)/b4-3+. The average Bonchev–Trinajstić information content (AvgIpc) is 3.12. The summed E-state index contributed by atoms with van der Waals surface area (Å²) in [5.74, 6) is -0.230. The Balaban J connectivity index is 1.90. The molecule has 5 nitrogen and oxygen atoms in total. The third-order valence-corrected chi connectivity index (χ3v) is 4.89. The monoisotopic (exact) mass is 312 g/mol. The minimum atomic E-state index is -0.837. The number of rotatable bonds is 5. The number of hydrogen-bond donors (Lipinski definition) is 2. The highest BCUT2D eigenvalue weighted by Crippen LogP contribution is 2.63. The van der Waals surface area contributed by atoms with Crippen LogP contribution in [0.5, 0.6) is 0 Å². The molecule has 1 heterocycles. The SMILES string of the molecule is CC1=NN=C(c2ccc(CC(=O)O)cc2)C2(C)C(/C=C/CO)C12. The molecule has 2 N–H and O–H groups in total. The van der Waals surface area contributed by atoms with E-state index in [1.807, 2.05) is 37.3 Å². The molecule has 0 spiro atoms. The van der Waals surface area contributed by atoms with Crippen molar-refractivity contribution >= 4 is 17.4 Å². The predicted octanol–water partition coefficient (Wildman–Crippen LogP) is 2.29. The highest BCUT2D eigenvalue weighted by molar-refractivity contribution is 6.13. The van der Waals surface area contributed by atoms with Crippen LogP contribution in [0.15, 0.2) is 46.6 Å². The first-order chi connectivity index (χ1) is 11.0. The molecule has 0 bridgehead atoms. The zero-order valence-electron chi connectivity index (χ0n) is 13.2. The lowest BCUT2D eigenvalue weighted by Crippen LogP contribution is -2.22. The summed E-state index contributed by atoms with van der Waals surface area (Å²) in [4.78, 5) is 10.8. The number of carboxylic acids is 1. The van der Waals surface area contributed by atoms with Crippen molar-refractivity contribution in [3.8, 4) is 0 Å². The van der Waals surface area contributed by atoms with E-state index in [-0.39, 0.29) is 18.4 Å². The lowest BCUT2D eigenvalue weighted by atomic mass is 9.89. The molecule has 1 aliphatic heterocycles. The lowest BCUT2D eigenvalue weighted by molar-refractivity contribution is -0.136. The molecule has 3 rings (SSSR count). The molecule has 2 aliphatic rings. The van der Waals surface area contributed by atoms with Crippen molar-refractivity contribution in [1.82, 2.24) is 0 Å². The van der Waals surface area contributed by atoms with E-state index in [2.05, 4.69) is 17.1 Å². The molecule has 0 aromatic heterocycles. The van der Waals surface area contributed by atoms with Gasteiger partial charge in [-0.1, -0.05) is 43.3 Å². The minimum Gasteiger partial charge on any atom is -0.481 e. The molecule has 0 saturated heterocycles. The molecule has 1 aromatic carbocycles. The Morgan fingerprint density at radius 2 is 2.00 bits per heavy atom. The van der Waals surface area contributed by atoms with Gasteiger partial charge in [0, 0.05) is 17.0 Å². The number of aliphatic hydroxyl groups excluding tert-OH is 1. The smallest absolute Gasteiger partial charge is 0.307 e. The van der Waals surface area contributed by atoms with Crippen molar-refractivity contribution in [2.75, 3.05) is 6.61 Å². The number of fused-ring (bicyclic) bond motifs is 1. The fraction of sp³-hybridized carbons (Fsp3) is 0.389. The largest absolute Gasteiger partial charge is 0.481 e. The van der Waals surface area contributed by atoms with Gasteiger partial charge >= 0.3 is 5.97 Å². The van der Waals surface area contributed by atoms with Crippen LogP contribution in [-0.4, -0.2) is 34.2 Å². The second-order valence-corrected chi connectivity index (χ2v) is 6.35. The van der Waals surface area contributed by atoms with Gasteiger partial charge in [-0.15, -0.1) is 0 Å². The summed E-state index contributed by atoms with van der Waals surface area (Å²) in [5, 5.41) is 26.6. The van der Waals surface area contributed by atoms with Crippen LogP contribution in [0.25, 0.3) is 0 Å². The lowest BCUT2D eigenvalue weighted by Gasteiger charge is -2.18. The quantitative estimate of drug-likeness (QED) is 0.818.